The lowest BCUT2D eigenvalue weighted by Gasteiger charge is -2.10. The quantitative estimate of drug-likeness (QED) is 0.883. The fourth-order valence-corrected chi connectivity index (χ4v) is 1.78. The Kier molecular flexibility index (Phi) is 2.87. The predicted octanol–water partition coefficient (Wildman–Crippen LogP) is 2.56. The molecule has 4 heteroatoms. The number of carboxylic acid groups (broad SMARTS) is 1. The number of fused-ring (bicyclic) bond motifs is 1. The summed E-state index contributed by atoms with van der Waals surface area (Å²) in [5, 5.41) is 10.5. The van der Waals surface area contributed by atoms with Gasteiger partial charge in [0.2, 0.25) is 0 Å². The summed E-state index contributed by atoms with van der Waals surface area (Å²) in [6.45, 7) is 0. The summed E-state index contributed by atoms with van der Waals surface area (Å²) in [6, 6.07) is 8.40. The number of aromatic carboxylic acids is 1. The van der Waals surface area contributed by atoms with Gasteiger partial charge in [-0.2, -0.15) is 0 Å². The molecular weight excluding hydrogens is 220 g/mol. The maximum atomic E-state index is 10.9. The van der Waals surface area contributed by atoms with E-state index in [2.05, 4.69) is 0 Å². The first-order valence-electron chi connectivity index (χ1n) is 5.05. The molecule has 17 heavy (non-hydrogen) atoms. The van der Waals surface area contributed by atoms with Crippen LogP contribution >= 0.6 is 0 Å². The van der Waals surface area contributed by atoms with Crippen molar-refractivity contribution in [3.63, 3.8) is 0 Å². The summed E-state index contributed by atoms with van der Waals surface area (Å²) in [7, 11) is 3.13. The van der Waals surface area contributed by atoms with Crippen LogP contribution in [0.1, 0.15) is 10.4 Å². The van der Waals surface area contributed by atoms with Crippen LogP contribution in [-0.4, -0.2) is 25.3 Å². The van der Waals surface area contributed by atoms with Gasteiger partial charge in [0.15, 0.2) is 0 Å². The molecule has 0 aliphatic heterocycles. The van der Waals surface area contributed by atoms with Gasteiger partial charge in [-0.1, -0.05) is 0 Å². The van der Waals surface area contributed by atoms with E-state index in [0.29, 0.717) is 11.5 Å². The largest absolute Gasteiger partial charge is 0.496 e. The lowest BCUT2D eigenvalue weighted by Crippen LogP contribution is -1.97. The number of hydrogen-bond acceptors (Lipinski definition) is 3. The highest BCUT2D eigenvalue weighted by atomic mass is 16.5. The number of rotatable bonds is 3. The first-order valence-corrected chi connectivity index (χ1v) is 5.05. The second-order valence-corrected chi connectivity index (χ2v) is 3.54. The van der Waals surface area contributed by atoms with E-state index in [-0.39, 0.29) is 5.56 Å². The molecule has 0 bridgehead atoms. The van der Waals surface area contributed by atoms with E-state index >= 15 is 0 Å². The highest BCUT2D eigenvalue weighted by molar-refractivity contribution is 5.99. The van der Waals surface area contributed by atoms with E-state index in [9.17, 15) is 4.79 Å². The first kappa shape index (κ1) is 11.3. The fraction of sp³-hybridized carbons (Fsp3) is 0.154. The molecule has 0 amide bonds. The SMILES string of the molecule is COc1ccc(OC)c2cc(C(=O)O)ccc12. The third-order valence-corrected chi connectivity index (χ3v) is 2.62. The van der Waals surface area contributed by atoms with Crippen LogP contribution in [0.25, 0.3) is 10.8 Å². The van der Waals surface area contributed by atoms with Gasteiger partial charge in [-0.05, 0) is 30.3 Å². The molecule has 2 aromatic rings. The van der Waals surface area contributed by atoms with Crippen LogP contribution < -0.4 is 9.47 Å². The molecule has 0 spiro atoms. The van der Waals surface area contributed by atoms with Crippen molar-refractivity contribution in [3.8, 4) is 11.5 Å². The van der Waals surface area contributed by atoms with Gasteiger partial charge in [-0.3, -0.25) is 0 Å². The third-order valence-electron chi connectivity index (χ3n) is 2.62. The smallest absolute Gasteiger partial charge is 0.335 e. The molecule has 0 saturated heterocycles. The monoisotopic (exact) mass is 232 g/mol. The maximum Gasteiger partial charge on any atom is 0.335 e. The van der Waals surface area contributed by atoms with Gasteiger partial charge >= 0.3 is 5.97 Å². The lowest BCUT2D eigenvalue weighted by atomic mass is 10.1. The number of hydrogen-bond donors (Lipinski definition) is 1. The molecule has 0 heterocycles. The zero-order valence-electron chi connectivity index (χ0n) is 9.56. The van der Waals surface area contributed by atoms with Gasteiger partial charge in [0.25, 0.3) is 0 Å². The summed E-state index contributed by atoms with van der Waals surface area (Å²) in [4.78, 5) is 10.9. The molecule has 2 aromatic carbocycles. The molecule has 0 aromatic heterocycles. The topological polar surface area (TPSA) is 55.8 Å². The lowest BCUT2D eigenvalue weighted by molar-refractivity contribution is 0.0697. The van der Waals surface area contributed by atoms with Gasteiger partial charge in [-0.25, -0.2) is 4.79 Å². The van der Waals surface area contributed by atoms with Crippen molar-refractivity contribution in [2.45, 2.75) is 0 Å². The summed E-state index contributed by atoms with van der Waals surface area (Å²) in [5.74, 6) is 0.360. The van der Waals surface area contributed by atoms with Crippen molar-refractivity contribution in [2.75, 3.05) is 14.2 Å². The Morgan fingerprint density at radius 1 is 1.00 bits per heavy atom. The van der Waals surface area contributed by atoms with Gasteiger partial charge in [0.05, 0.1) is 19.8 Å². The van der Waals surface area contributed by atoms with Crippen molar-refractivity contribution >= 4 is 16.7 Å². The first-order chi connectivity index (χ1) is 8.17. The Morgan fingerprint density at radius 2 is 1.59 bits per heavy atom. The van der Waals surface area contributed by atoms with Crippen LogP contribution in [0.2, 0.25) is 0 Å². The van der Waals surface area contributed by atoms with Crippen molar-refractivity contribution in [1.29, 1.82) is 0 Å². The maximum absolute atomic E-state index is 10.9. The van der Waals surface area contributed by atoms with Crippen LogP contribution in [0.4, 0.5) is 0 Å². The Morgan fingerprint density at radius 3 is 2.12 bits per heavy atom. The Hall–Kier alpha value is -2.23. The zero-order chi connectivity index (χ0) is 12.4. The molecule has 0 atom stereocenters. The number of carboxylic acids is 1. The molecule has 0 aliphatic rings. The summed E-state index contributed by atoms with van der Waals surface area (Å²) in [6.07, 6.45) is 0. The predicted molar refractivity (Wildman–Crippen MR) is 64.0 cm³/mol. The summed E-state index contributed by atoms with van der Waals surface area (Å²) in [5.41, 5.74) is 0.226. The molecule has 4 nitrogen and oxygen atoms in total. The van der Waals surface area contributed by atoms with Gasteiger partial charge in [0, 0.05) is 10.8 Å². The van der Waals surface area contributed by atoms with Crippen LogP contribution in [-0.2, 0) is 0 Å². The van der Waals surface area contributed by atoms with Crippen LogP contribution in [0.3, 0.4) is 0 Å². The summed E-state index contributed by atoms with van der Waals surface area (Å²) < 4.78 is 10.4. The van der Waals surface area contributed by atoms with Gasteiger partial charge in [0.1, 0.15) is 11.5 Å². The molecule has 88 valence electrons. The molecule has 0 unspecified atom stereocenters. The standard InChI is InChI=1S/C13H12O4/c1-16-11-5-6-12(17-2)10-7-8(13(14)15)3-4-9(10)11/h3-7H,1-2H3,(H,14,15). The molecule has 0 aliphatic carbocycles. The van der Waals surface area contributed by atoms with Gasteiger partial charge < -0.3 is 14.6 Å². The van der Waals surface area contributed by atoms with E-state index in [0.717, 1.165) is 10.8 Å². The Labute approximate surface area is 98.4 Å². The molecule has 0 radical (unpaired) electrons. The van der Waals surface area contributed by atoms with Crippen molar-refractivity contribution < 1.29 is 19.4 Å². The molecule has 1 N–H and O–H groups in total. The molecule has 0 fully saturated rings. The average Bonchev–Trinajstić information content (AvgIpc) is 2.36. The molecular formula is C13H12O4. The molecule has 0 saturated carbocycles. The number of benzene rings is 2. The van der Waals surface area contributed by atoms with E-state index < -0.39 is 5.97 Å². The minimum atomic E-state index is -0.961. The second-order valence-electron chi connectivity index (χ2n) is 3.54. The Balaban J connectivity index is 2.77. The highest BCUT2D eigenvalue weighted by Crippen LogP contribution is 2.33. The van der Waals surface area contributed by atoms with Crippen LogP contribution in [0, 0.1) is 0 Å². The van der Waals surface area contributed by atoms with Crippen LogP contribution in [0.15, 0.2) is 30.3 Å². The van der Waals surface area contributed by atoms with E-state index in [4.69, 9.17) is 14.6 Å². The van der Waals surface area contributed by atoms with E-state index in [1.807, 2.05) is 0 Å². The number of methoxy groups -OCH3 is 2. The number of ether oxygens (including phenoxy) is 2. The van der Waals surface area contributed by atoms with Crippen molar-refractivity contribution in [3.05, 3.63) is 35.9 Å². The second kappa shape index (κ2) is 4.33. The highest BCUT2D eigenvalue weighted by Gasteiger charge is 2.10. The van der Waals surface area contributed by atoms with Crippen molar-refractivity contribution in [2.24, 2.45) is 0 Å². The average molecular weight is 232 g/mol. The van der Waals surface area contributed by atoms with E-state index in [1.165, 1.54) is 0 Å². The minimum Gasteiger partial charge on any atom is -0.496 e. The number of carbonyl (C=O) groups is 1. The van der Waals surface area contributed by atoms with Gasteiger partial charge in [-0.15, -0.1) is 0 Å². The minimum absolute atomic E-state index is 0.226. The van der Waals surface area contributed by atoms with Crippen LogP contribution in [0.5, 0.6) is 11.5 Å². The normalized spacial score (nSPS) is 10.2. The Bertz CT molecular complexity index is 575. The molecule has 2 rings (SSSR count). The zero-order valence-corrected chi connectivity index (χ0v) is 9.56. The third kappa shape index (κ3) is 1.89. The van der Waals surface area contributed by atoms with Crippen molar-refractivity contribution in [1.82, 2.24) is 0 Å². The summed E-state index contributed by atoms with van der Waals surface area (Å²) >= 11 is 0. The van der Waals surface area contributed by atoms with E-state index in [1.54, 1.807) is 44.6 Å². The fourth-order valence-electron chi connectivity index (χ4n) is 1.78.